The molecule has 4 aliphatic rings. The molecule has 2 atom stereocenters. The van der Waals surface area contributed by atoms with Gasteiger partial charge in [-0.2, -0.15) is 0 Å². The second kappa shape index (κ2) is 3.94. The fraction of sp³-hybridized carbons (Fsp3) is 0.588. The summed E-state index contributed by atoms with van der Waals surface area (Å²) in [5.74, 6) is 1.95. The van der Waals surface area contributed by atoms with Gasteiger partial charge in [-0.25, -0.2) is 0 Å². The highest BCUT2D eigenvalue weighted by Crippen LogP contribution is 2.65. The molecule has 4 saturated carbocycles. The van der Waals surface area contributed by atoms with E-state index < -0.39 is 0 Å². The third-order valence-corrected chi connectivity index (χ3v) is 6.44. The normalized spacial score (nSPS) is 43.4. The van der Waals surface area contributed by atoms with Crippen molar-refractivity contribution in [1.29, 1.82) is 0 Å². The minimum absolute atomic E-state index is 0.0606. The van der Waals surface area contributed by atoms with Crippen molar-refractivity contribution in [2.45, 2.75) is 42.8 Å². The lowest BCUT2D eigenvalue weighted by Crippen LogP contribution is -2.55. The van der Waals surface area contributed by atoms with Crippen molar-refractivity contribution in [3.63, 3.8) is 0 Å². The molecule has 1 nitrogen and oxygen atoms in total. The maximum Gasteiger partial charge on any atom is 0.169 e. The van der Waals surface area contributed by atoms with Crippen LogP contribution in [0.2, 0.25) is 0 Å². The average molecular weight is 319 g/mol. The summed E-state index contributed by atoms with van der Waals surface area (Å²) in [4.78, 5) is 13.0. The molecular formula is C17H19BrO. The van der Waals surface area contributed by atoms with Crippen LogP contribution in [0.4, 0.5) is 0 Å². The molecule has 0 heterocycles. The van der Waals surface area contributed by atoms with Crippen LogP contribution in [0.5, 0.6) is 0 Å². The van der Waals surface area contributed by atoms with Gasteiger partial charge in [-0.05, 0) is 50.4 Å². The molecule has 0 amide bonds. The lowest BCUT2D eigenvalue weighted by Gasteiger charge is -2.59. The predicted octanol–water partition coefficient (Wildman–Crippen LogP) is 4.60. The van der Waals surface area contributed by atoms with Gasteiger partial charge in [0, 0.05) is 15.3 Å². The van der Waals surface area contributed by atoms with Crippen LogP contribution in [-0.2, 0) is 0 Å². The number of carbonyl (C=O) groups is 1. The highest BCUT2D eigenvalue weighted by atomic mass is 79.9. The third kappa shape index (κ3) is 1.83. The number of Topliss-reactive ketones (excluding diaryl/α,β-unsaturated/α-hetero) is 1. The Morgan fingerprint density at radius 1 is 1.05 bits per heavy atom. The monoisotopic (exact) mass is 318 g/mol. The van der Waals surface area contributed by atoms with E-state index in [9.17, 15) is 4.79 Å². The zero-order chi connectivity index (χ0) is 13.1. The van der Waals surface area contributed by atoms with Crippen LogP contribution < -0.4 is 0 Å². The quantitative estimate of drug-likeness (QED) is 0.575. The molecule has 2 heteroatoms. The molecular weight excluding hydrogens is 300 g/mol. The predicted molar refractivity (Wildman–Crippen MR) is 79.5 cm³/mol. The van der Waals surface area contributed by atoms with Crippen molar-refractivity contribution in [2.75, 3.05) is 0 Å². The Hall–Kier alpha value is -0.630. The Kier molecular flexibility index (Phi) is 2.52. The van der Waals surface area contributed by atoms with Gasteiger partial charge in [-0.3, -0.25) is 4.79 Å². The summed E-state index contributed by atoms with van der Waals surface area (Å²) in [5, 5.41) is 0. The molecule has 1 aromatic carbocycles. The number of benzene rings is 1. The molecule has 2 unspecified atom stereocenters. The maximum atomic E-state index is 13.0. The topological polar surface area (TPSA) is 17.1 Å². The summed E-state index contributed by atoms with van der Waals surface area (Å²) in [6, 6.07) is 9.93. The van der Waals surface area contributed by atoms with Crippen molar-refractivity contribution >= 4 is 21.7 Å². The lowest BCUT2D eigenvalue weighted by molar-refractivity contribution is -0.0198. The second-order valence-corrected chi connectivity index (χ2v) is 8.77. The standard InChI is InChI=1S/C17H19BrO/c18-17-9-12-6-13(10-17)8-16(7-12,11-17)15(19)14-4-2-1-3-5-14/h1-5,12-13H,6-11H2. The summed E-state index contributed by atoms with van der Waals surface area (Å²) in [6.07, 6.45) is 7.24. The van der Waals surface area contributed by atoms with Crippen LogP contribution in [0, 0.1) is 17.3 Å². The third-order valence-electron chi connectivity index (χ3n) is 5.51. The second-order valence-electron chi connectivity index (χ2n) is 7.09. The van der Waals surface area contributed by atoms with E-state index in [0.717, 1.165) is 36.7 Å². The highest BCUT2D eigenvalue weighted by Gasteiger charge is 2.59. The zero-order valence-electron chi connectivity index (χ0n) is 11.1. The van der Waals surface area contributed by atoms with E-state index in [1.807, 2.05) is 30.3 Å². The van der Waals surface area contributed by atoms with Gasteiger partial charge in [0.15, 0.2) is 5.78 Å². The van der Waals surface area contributed by atoms with Gasteiger partial charge in [0.05, 0.1) is 0 Å². The fourth-order valence-corrected chi connectivity index (χ4v) is 6.76. The van der Waals surface area contributed by atoms with Crippen molar-refractivity contribution in [3.05, 3.63) is 35.9 Å². The molecule has 0 aromatic heterocycles. The molecule has 4 fully saturated rings. The van der Waals surface area contributed by atoms with Gasteiger partial charge in [0.2, 0.25) is 0 Å². The van der Waals surface area contributed by atoms with E-state index in [-0.39, 0.29) is 9.74 Å². The van der Waals surface area contributed by atoms with Crippen molar-refractivity contribution < 1.29 is 4.79 Å². The van der Waals surface area contributed by atoms with E-state index in [1.165, 1.54) is 19.3 Å². The number of carbonyl (C=O) groups excluding carboxylic acids is 1. The number of alkyl halides is 1. The molecule has 19 heavy (non-hydrogen) atoms. The van der Waals surface area contributed by atoms with Crippen LogP contribution in [0.15, 0.2) is 30.3 Å². The number of rotatable bonds is 2. The van der Waals surface area contributed by atoms with E-state index in [4.69, 9.17) is 0 Å². The Morgan fingerprint density at radius 3 is 2.26 bits per heavy atom. The summed E-state index contributed by atoms with van der Waals surface area (Å²) in [6.45, 7) is 0. The molecule has 100 valence electrons. The van der Waals surface area contributed by atoms with Gasteiger partial charge in [0.1, 0.15) is 0 Å². The SMILES string of the molecule is O=C(c1ccccc1)C12CC3CC(CC(Br)(C3)C1)C2. The first-order chi connectivity index (χ1) is 9.09. The smallest absolute Gasteiger partial charge is 0.169 e. The van der Waals surface area contributed by atoms with Gasteiger partial charge < -0.3 is 0 Å². The van der Waals surface area contributed by atoms with Crippen molar-refractivity contribution in [2.24, 2.45) is 17.3 Å². The van der Waals surface area contributed by atoms with Crippen LogP contribution in [0.25, 0.3) is 0 Å². The molecule has 1 aromatic rings. The van der Waals surface area contributed by atoms with Gasteiger partial charge in [-0.15, -0.1) is 0 Å². The first-order valence-electron chi connectivity index (χ1n) is 7.37. The Bertz CT molecular complexity index is 507. The first-order valence-corrected chi connectivity index (χ1v) is 8.17. The fourth-order valence-electron chi connectivity index (χ4n) is 5.31. The van der Waals surface area contributed by atoms with Crippen molar-refractivity contribution in [1.82, 2.24) is 0 Å². The number of hydrogen-bond donors (Lipinski definition) is 0. The van der Waals surface area contributed by atoms with Crippen LogP contribution >= 0.6 is 15.9 Å². The van der Waals surface area contributed by atoms with E-state index in [1.54, 1.807) is 0 Å². The van der Waals surface area contributed by atoms with Crippen LogP contribution in [0.1, 0.15) is 48.9 Å². The van der Waals surface area contributed by atoms with E-state index >= 15 is 0 Å². The maximum absolute atomic E-state index is 13.0. The summed E-state index contributed by atoms with van der Waals surface area (Å²) in [7, 11) is 0. The summed E-state index contributed by atoms with van der Waals surface area (Å²) >= 11 is 3.98. The molecule has 5 rings (SSSR count). The average Bonchev–Trinajstić information content (AvgIpc) is 2.36. The molecule has 4 bridgehead atoms. The van der Waals surface area contributed by atoms with Gasteiger partial charge >= 0.3 is 0 Å². The lowest BCUT2D eigenvalue weighted by atomic mass is 9.48. The number of hydrogen-bond acceptors (Lipinski definition) is 1. The molecule has 0 aliphatic heterocycles. The van der Waals surface area contributed by atoms with Crippen molar-refractivity contribution in [3.8, 4) is 0 Å². The van der Waals surface area contributed by atoms with Gasteiger partial charge in [-0.1, -0.05) is 46.3 Å². The summed E-state index contributed by atoms with van der Waals surface area (Å²) < 4.78 is 0.265. The van der Waals surface area contributed by atoms with Crippen LogP contribution in [-0.4, -0.2) is 10.1 Å². The first kappa shape index (κ1) is 12.1. The van der Waals surface area contributed by atoms with E-state index in [2.05, 4.69) is 15.9 Å². The highest BCUT2D eigenvalue weighted by molar-refractivity contribution is 9.10. The number of halogens is 1. The molecule has 0 spiro atoms. The number of ketones is 1. The van der Waals surface area contributed by atoms with Crippen LogP contribution in [0.3, 0.4) is 0 Å². The van der Waals surface area contributed by atoms with E-state index in [0.29, 0.717) is 5.78 Å². The Labute approximate surface area is 122 Å². The molecule has 0 radical (unpaired) electrons. The largest absolute Gasteiger partial charge is 0.294 e. The molecule has 0 N–H and O–H groups in total. The Balaban J connectivity index is 1.72. The Morgan fingerprint density at radius 2 is 1.68 bits per heavy atom. The molecule has 0 saturated heterocycles. The molecule has 4 aliphatic carbocycles. The minimum Gasteiger partial charge on any atom is -0.294 e. The summed E-state index contributed by atoms with van der Waals surface area (Å²) in [5.41, 5.74) is 0.857. The zero-order valence-corrected chi connectivity index (χ0v) is 12.7. The minimum atomic E-state index is -0.0606. The van der Waals surface area contributed by atoms with Gasteiger partial charge in [0.25, 0.3) is 0 Å².